The first kappa shape index (κ1) is 13.5. The monoisotopic (exact) mass is 314 g/mol. The molecule has 0 saturated carbocycles. The summed E-state index contributed by atoms with van der Waals surface area (Å²) in [6, 6.07) is 7.73. The maximum Gasteiger partial charge on any atom is 0.230 e. The van der Waals surface area contributed by atoms with Crippen molar-refractivity contribution in [1.82, 2.24) is 19.7 Å². The summed E-state index contributed by atoms with van der Waals surface area (Å²) in [5.41, 5.74) is 1.01. The SMILES string of the molecule is Clc1ccccc1Cc1noc([C@@H]2CCn3ccnc3C2)n1. The molecule has 0 N–H and O–H groups in total. The lowest BCUT2D eigenvalue weighted by Gasteiger charge is -2.19. The van der Waals surface area contributed by atoms with Crippen LogP contribution in [0, 0.1) is 0 Å². The van der Waals surface area contributed by atoms with E-state index in [4.69, 9.17) is 16.1 Å². The Morgan fingerprint density at radius 2 is 2.23 bits per heavy atom. The van der Waals surface area contributed by atoms with Crippen molar-refractivity contribution >= 4 is 11.6 Å². The Bertz CT molecular complexity index is 795. The van der Waals surface area contributed by atoms with Crippen LogP contribution in [-0.4, -0.2) is 19.7 Å². The molecule has 1 aliphatic rings. The van der Waals surface area contributed by atoms with Crippen LogP contribution in [0.2, 0.25) is 5.02 Å². The van der Waals surface area contributed by atoms with Crippen molar-refractivity contribution in [2.45, 2.75) is 31.7 Å². The quantitative estimate of drug-likeness (QED) is 0.744. The van der Waals surface area contributed by atoms with Gasteiger partial charge in [-0.15, -0.1) is 0 Å². The lowest BCUT2D eigenvalue weighted by molar-refractivity contribution is 0.321. The van der Waals surface area contributed by atoms with E-state index in [-0.39, 0.29) is 5.92 Å². The Morgan fingerprint density at radius 3 is 3.14 bits per heavy atom. The predicted molar refractivity (Wildman–Crippen MR) is 81.8 cm³/mol. The van der Waals surface area contributed by atoms with Gasteiger partial charge in [-0.05, 0) is 18.1 Å². The minimum atomic E-state index is 0.252. The van der Waals surface area contributed by atoms with E-state index in [1.807, 2.05) is 36.7 Å². The third kappa shape index (κ3) is 2.52. The molecule has 0 amide bonds. The Balaban J connectivity index is 1.52. The molecule has 0 unspecified atom stereocenters. The van der Waals surface area contributed by atoms with Crippen molar-refractivity contribution in [2.75, 3.05) is 0 Å². The van der Waals surface area contributed by atoms with Crippen molar-refractivity contribution in [2.24, 2.45) is 0 Å². The number of aromatic nitrogens is 4. The molecular formula is C16H15ClN4O. The molecule has 1 aromatic carbocycles. The van der Waals surface area contributed by atoms with Crippen molar-refractivity contribution < 1.29 is 4.52 Å². The Kier molecular flexibility index (Phi) is 3.42. The molecule has 1 atom stereocenters. The summed E-state index contributed by atoms with van der Waals surface area (Å²) in [6.07, 6.45) is 6.29. The minimum Gasteiger partial charge on any atom is -0.339 e. The van der Waals surface area contributed by atoms with E-state index in [1.165, 1.54) is 0 Å². The molecule has 0 spiro atoms. The van der Waals surface area contributed by atoms with Gasteiger partial charge < -0.3 is 9.09 Å². The summed E-state index contributed by atoms with van der Waals surface area (Å²) in [5, 5.41) is 4.83. The first-order valence-electron chi connectivity index (χ1n) is 7.35. The number of halogens is 1. The van der Waals surface area contributed by atoms with Crippen LogP contribution in [0.15, 0.2) is 41.2 Å². The number of benzene rings is 1. The number of aryl methyl sites for hydroxylation is 1. The molecule has 0 bridgehead atoms. The average molecular weight is 315 g/mol. The third-order valence-electron chi connectivity index (χ3n) is 4.09. The molecule has 0 aliphatic carbocycles. The van der Waals surface area contributed by atoms with Crippen LogP contribution < -0.4 is 0 Å². The first-order chi connectivity index (χ1) is 10.8. The molecule has 3 heterocycles. The molecule has 4 rings (SSSR count). The van der Waals surface area contributed by atoms with E-state index in [9.17, 15) is 0 Å². The van der Waals surface area contributed by atoms with Gasteiger partial charge in [0.05, 0.1) is 0 Å². The number of fused-ring (bicyclic) bond motifs is 1. The molecule has 6 heteroatoms. The van der Waals surface area contributed by atoms with E-state index in [0.29, 0.717) is 18.1 Å². The lowest BCUT2D eigenvalue weighted by atomic mass is 9.98. The van der Waals surface area contributed by atoms with Gasteiger partial charge in [-0.1, -0.05) is 35.0 Å². The second-order valence-corrected chi connectivity index (χ2v) is 5.95. The van der Waals surface area contributed by atoms with Crippen LogP contribution in [-0.2, 0) is 19.4 Å². The minimum absolute atomic E-state index is 0.252. The fourth-order valence-electron chi connectivity index (χ4n) is 2.88. The van der Waals surface area contributed by atoms with E-state index in [2.05, 4.69) is 19.7 Å². The van der Waals surface area contributed by atoms with Crippen molar-refractivity contribution in [3.05, 3.63) is 64.8 Å². The molecule has 22 heavy (non-hydrogen) atoms. The molecule has 0 radical (unpaired) electrons. The zero-order valence-electron chi connectivity index (χ0n) is 11.9. The Morgan fingerprint density at radius 1 is 1.32 bits per heavy atom. The van der Waals surface area contributed by atoms with Gasteiger partial charge in [0.25, 0.3) is 0 Å². The summed E-state index contributed by atoms with van der Waals surface area (Å²) in [5.74, 6) is 2.72. The number of nitrogens with zero attached hydrogens (tertiary/aromatic N) is 4. The van der Waals surface area contributed by atoms with Crippen LogP contribution in [0.4, 0.5) is 0 Å². The maximum absolute atomic E-state index is 6.18. The third-order valence-corrected chi connectivity index (χ3v) is 4.46. The Hall–Kier alpha value is -2.14. The normalized spacial score (nSPS) is 17.4. The molecule has 0 fully saturated rings. The Labute approximate surface area is 132 Å². The van der Waals surface area contributed by atoms with Crippen molar-refractivity contribution in [1.29, 1.82) is 0 Å². The highest BCUT2D eigenvalue weighted by molar-refractivity contribution is 6.31. The number of hydrogen-bond acceptors (Lipinski definition) is 4. The van der Waals surface area contributed by atoms with E-state index < -0.39 is 0 Å². The van der Waals surface area contributed by atoms with Gasteiger partial charge in [-0.3, -0.25) is 0 Å². The molecular weight excluding hydrogens is 300 g/mol. The summed E-state index contributed by atoms with van der Waals surface area (Å²) in [6.45, 7) is 0.947. The second kappa shape index (κ2) is 5.57. The summed E-state index contributed by atoms with van der Waals surface area (Å²) < 4.78 is 7.64. The topological polar surface area (TPSA) is 56.7 Å². The van der Waals surface area contributed by atoms with Crippen molar-refractivity contribution in [3.8, 4) is 0 Å². The fourth-order valence-corrected chi connectivity index (χ4v) is 3.08. The highest BCUT2D eigenvalue weighted by Crippen LogP contribution is 2.28. The highest BCUT2D eigenvalue weighted by atomic mass is 35.5. The fraction of sp³-hybridized carbons (Fsp3) is 0.312. The van der Waals surface area contributed by atoms with Crippen LogP contribution in [0.5, 0.6) is 0 Å². The second-order valence-electron chi connectivity index (χ2n) is 5.54. The largest absolute Gasteiger partial charge is 0.339 e. The van der Waals surface area contributed by atoms with Gasteiger partial charge in [0, 0.05) is 42.7 Å². The van der Waals surface area contributed by atoms with Crippen LogP contribution >= 0.6 is 11.6 Å². The van der Waals surface area contributed by atoms with Gasteiger partial charge in [0.1, 0.15) is 5.82 Å². The zero-order chi connectivity index (χ0) is 14.9. The van der Waals surface area contributed by atoms with E-state index in [0.717, 1.165) is 35.8 Å². The molecule has 3 aromatic rings. The number of rotatable bonds is 3. The van der Waals surface area contributed by atoms with Gasteiger partial charge >= 0.3 is 0 Å². The summed E-state index contributed by atoms with van der Waals surface area (Å²) >= 11 is 6.18. The summed E-state index contributed by atoms with van der Waals surface area (Å²) in [4.78, 5) is 8.93. The average Bonchev–Trinajstić information content (AvgIpc) is 3.17. The summed E-state index contributed by atoms with van der Waals surface area (Å²) in [7, 11) is 0. The first-order valence-corrected chi connectivity index (χ1v) is 7.73. The zero-order valence-corrected chi connectivity index (χ0v) is 12.7. The van der Waals surface area contributed by atoms with Crippen LogP contribution in [0.25, 0.3) is 0 Å². The van der Waals surface area contributed by atoms with Gasteiger partial charge in [0.15, 0.2) is 5.82 Å². The van der Waals surface area contributed by atoms with Gasteiger partial charge in [-0.2, -0.15) is 4.98 Å². The van der Waals surface area contributed by atoms with Crippen molar-refractivity contribution in [3.63, 3.8) is 0 Å². The molecule has 0 saturated heterocycles. The highest BCUT2D eigenvalue weighted by Gasteiger charge is 2.25. The molecule has 112 valence electrons. The van der Waals surface area contributed by atoms with Gasteiger partial charge in [0.2, 0.25) is 5.89 Å². The molecule has 5 nitrogen and oxygen atoms in total. The number of hydrogen-bond donors (Lipinski definition) is 0. The van der Waals surface area contributed by atoms with Crippen LogP contribution in [0.1, 0.15) is 35.4 Å². The number of imidazole rings is 1. The van der Waals surface area contributed by atoms with Gasteiger partial charge in [-0.25, -0.2) is 4.98 Å². The smallest absolute Gasteiger partial charge is 0.230 e. The van der Waals surface area contributed by atoms with E-state index in [1.54, 1.807) is 0 Å². The van der Waals surface area contributed by atoms with Crippen LogP contribution in [0.3, 0.4) is 0 Å². The standard InChI is InChI=1S/C16H15ClN4O/c17-13-4-2-1-3-11(13)9-14-19-16(22-20-14)12-5-7-21-8-6-18-15(21)10-12/h1-4,6,8,12H,5,7,9-10H2/t12-/m1/s1. The molecule has 2 aromatic heterocycles. The van der Waals surface area contributed by atoms with E-state index >= 15 is 0 Å². The maximum atomic E-state index is 6.18. The molecule has 1 aliphatic heterocycles. The predicted octanol–water partition coefficient (Wildman–Crippen LogP) is 3.24. The lowest BCUT2D eigenvalue weighted by Crippen LogP contribution is -2.18.